The smallest absolute Gasteiger partial charge is 0.205 e. The molecule has 2 aliphatic rings. The van der Waals surface area contributed by atoms with Crippen molar-refractivity contribution >= 4 is 11.9 Å². The first-order chi connectivity index (χ1) is 12.3. The fourth-order valence-electron chi connectivity index (χ4n) is 3.70. The van der Waals surface area contributed by atoms with Crippen LogP contribution in [0.15, 0.2) is 66.4 Å². The summed E-state index contributed by atoms with van der Waals surface area (Å²) in [5, 5.41) is 0. The second-order valence-electron chi connectivity index (χ2n) is 6.69. The summed E-state index contributed by atoms with van der Waals surface area (Å²) in [6, 6.07) is 19.7. The molecule has 0 amide bonds. The zero-order valence-corrected chi connectivity index (χ0v) is 14.1. The van der Waals surface area contributed by atoms with Crippen LogP contribution in [0.3, 0.4) is 0 Å². The van der Waals surface area contributed by atoms with Crippen LogP contribution >= 0.6 is 0 Å². The number of allylic oxidation sites excluding steroid dienone is 1. The van der Waals surface area contributed by atoms with Gasteiger partial charge in [-0.05, 0) is 49.0 Å². The van der Waals surface area contributed by atoms with Gasteiger partial charge in [-0.25, -0.2) is 0 Å². The molecule has 2 aromatic carbocycles. The summed E-state index contributed by atoms with van der Waals surface area (Å²) < 4.78 is 6.23. The number of hydrogen-bond acceptors (Lipinski definition) is 2. The van der Waals surface area contributed by atoms with Gasteiger partial charge in [0.15, 0.2) is 11.4 Å². The molecule has 0 spiro atoms. The summed E-state index contributed by atoms with van der Waals surface area (Å²) in [5.74, 6) is 6.97. The quantitative estimate of drug-likeness (QED) is 0.564. The molecular formula is C23H20O2. The summed E-state index contributed by atoms with van der Waals surface area (Å²) in [7, 11) is 0. The highest BCUT2D eigenvalue weighted by Gasteiger charge is 2.53. The van der Waals surface area contributed by atoms with Crippen LogP contribution in [0, 0.1) is 17.8 Å². The van der Waals surface area contributed by atoms with Crippen molar-refractivity contribution in [3.8, 4) is 11.8 Å². The summed E-state index contributed by atoms with van der Waals surface area (Å²) in [6.07, 6.45) is 5.63. The molecule has 0 N–H and O–H groups in total. The summed E-state index contributed by atoms with van der Waals surface area (Å²) in [5.41, 5.74) is 1.28. The monoisotopic (exact) mass is 328 g/mol. The zero-order valence-electron chi connectivity index (χ0n) is 14.1. The van der Waals surface area contributed by atoms with E-state index < -0.39 is 5.60 Å². The number of carbonyl (C=O) groups is 1. The predicted molar refractivity (Wildman–Crippen MR) is 98.5 cm³/mol. The van der Waals surface area contributed by atoms with Crippen LogP contribution in [0.1, 0.15) is 36.8 Å². The molecule has 2 heteroatoms. The zero-order chi connectivity index (χ0) is 17.1. The molecule has 0 radical (unpaired) electrons. The molecule has 25 heavy (non-hydrogen) atoms. The first-order valence-corrected chi connectivity index (χ1v) is 8.85. The number of hydrogen-bond donors (Lipinski definition) is 0. The highest BCUT2D eigenvalue weighted by Crippen LogP contribution is 2.45. The summed E-state index contributed by atoms with van der Waals surface area (Å²) >= 11 is 0. The maximum Gasteiger partial charge on any atom is 0.205 e. The predicted octanol–water partition coefficient (Wildman–Crippen LogP) is 4.61. The van der Waals surface area contributed by atoms with Crippen molar-refractivity contribution < 1.29 is 9.53 Å². The number of carbonyl (C=O) groups excluding carboxylic acids is 1. The van der Waals surface area contributed by atoms with Gasteiger partial charge in [-0.1, -0.05) is 60.9 Å². The van der Waals surface area contributed by atoms with Crippen LogP contribution in [0.25, 0.3) is 6.08 Å². The van der Waals surface area contributed by atoms with Gasteiger partial charge in [0.25, 0.3) is 0 Å². The lowest BCUT2D eigenvalue weighted by Gasteiger charge is -2.31. The van der Waals surface area contributed by atoms with E-state index in [0.717, 1.165) is 36.8 Å². The van der Waals surface area contributed by atoms with E-state index in [1.165, 1.54) is 0 Å². The molecule has 2 nitrogen and oxygen atoms in total. The summed E-state index contributed by atoms with van der Waals surface area (Å²) in [6.45, 7) is 0. The molecule has 0 aromatic heterocycles. The van der Waals surface area contributed by atoms with Crippen LogP contribution in [0.5, 0.6) is 0 Å². The molecule has 2 atom stereocenters. The van der Waals surface area contributed by atoms with Crippen LogP contribution in [0.4, 0.5) is 0 Å². The Labute approximate surface area is 148 Å². The third-order valence-electron chi connectivity index (χ3n) is 4.99. The fourth-order valence-corrected chi connectivity index (χ4v) is 3.70. The minimum atomic E-state index is -0.661. The van der Waals surface area contributed by atoms with E-state index in [2.05, 4.69) is 11.8 Å². The molecule has 2 fully saturated rings. The van der Waals surface area contributed by atoms with Gasteiger partial charge in [-0.2, -0.15) is 0 Å². The van der Waals surface area contributed by atoms with Crippen LogP contribution < -0.4 is 0 Å². The van der Waals surface area contributed by atoms with E-state index in [9.17, 15) is 4.79 Å². The number of fused-ring (bicyclic) bond motifs is 1. The lowest BCUT2D eigenvalue weighted by atomic mass is 9.75. The molecule has 4 rings (SSSR count). The number of rotatable bonds is 1. The molecular weight excluding hydrogens is 308 g/mol. The average molecular weight is 328 g/mol. The van der Waals surface area contributed by atoms with Crippen molar-refractivity contribution in [2.24, 2.45) is 5.92 Å². The Bertz CT molecular complexity index is 855. The van der Waals surface area contributed by atoms with E-state index in [1.807, 2.05) is 66.7 Å². The SMILES string of the molecule is O=C1/C(=C/c2ccccc2)O[C@]2(C#Cc3ccccc3)CCCC[C@H]12. The largest absolute Gasteiger partial charge is 0.470 e. The highest BCUT2D eigenvalue weighted by atomic mass is 16.5. The molecule has 1 aliphatic heterocycles. The van der Waals surface area contributed by atoms with E-state index in [1.54, 1.807) is 0 Å². The first-order valence-electron chi connectivity index (χ1n) is 8.85. The minimum Gasteiger partial charge on any atom is -0.470 e. The summed E-state index contributed by atoms with van der Waals surface area (Å²) in [4.78, 5) is 12.9. The Balaban J connectivity index is 1.69. The van der Waals surface area contributed by atoms with Gasteiger partial charge in [-0.3, -0.25) is 4.79 Å². The van der Waals surface area contributed by atoms with E-state index in [0.29, 0.717) is 5.76 Å². The van der Waals surface area contributed by atoms with E-state index in [4.69, 9.17) is 4.74 Å². The molecule has 1 saturated heterocycles. The van der Waals surface area contributed by atoms with Gasteiger partial charge in [0.1, 0.15) is 0 Å². The van der Waals surface area contributed by atoms with Crippen molar-refractivity contribution in [1.82, 2.24) is 0 Å². The molecule has 0 unspecified atom stereocenters. The number of ketones is 1. The van der Waals surface area contributed by atoms with E-state index >= 15 is 0 Å². The molecule has 2 aromatic rings. The Morgan fingerprint density at radius 2 is 1.72 bits per heavy atom. The number of Topliss-reactive ketones (excluding diaryl/α,β-unsaturated/α-hetero) is 1. The van der Waals surface area contributed by atoms with Crippen molar-refractivity contribution in [2.45, 2.75) is 31.3 Å². The van der Waals surface area contributed by atoms with Gasteiger partial charge in [0.2, 0.25) is 5.78 Å². The van der Waals surface area contributed by atoms with Gasteiger partial charge < -0.3 is 4.74 Å². The molecule has 124 valence electrons. The molecule has 1 aliphatic carbocycles. The number of benzene rings is 2. The third-order valence-corrected chi connectivity index (χ3v) is 4.99. The van der Waals surface area contributed by atoms with Crippen LogP contribution in [-0.2, 0) is 9.53 Å². The van der Waals surface area contributed by atoms with Gasteiger partial charge in [0, 0.05) is 5.56 Å². The van der Waals surface area contributed by atoms with Crippen molar-refractivity contribution in [3.63, 3.8) is 0 Å². The lowest BCUT2D eigenvalue weighted by molar-refractivity contribution is -0.119. The Hall–Kier alpha value is -2.79. The number of ether oxygens (including phenoxy) is 1. The topological polar surface area (TPSA) is 26.3 Å². The lowest BCUT2D eigenvalue weighted by Crippen LogP contribution is -2.38. The molecule has 1 heterocycles. The van der Waals surface area contributed by atoms with Gasteiger partial charge in [-0.15, -0.1) is 0 Å². The second-order valence-corrected chi connectivity index (χ2v) is 6.69. The normalized spacial score (nSPS) is 26.5. The molecule has 1 saturated carbocycles. The maximum atomic E-state index is 12.9. The Morgan fingerprint density at radius 1 is 1.00 bits per heavy atom. The Morgan fingerprint density at radius 3 is 2.48 bits per heavy atom. The average Bonchev–Trinajstić information content (AvgIpc) is 2.94. The van der Waals surface area contributed by atoms with Gasteiger partial charge >= 0.3 is 0 Å². The standard InChI is InChI=1S/C23H20O2/c24-22-20-13-7-8-15-23(20,16-14-18-9-3-1-4-10-18)25-21(22)17-19-11-5-2-6-12-19/h1-6,9-12,17,20H,7-8,13,15H2/b21-17-/t20-,23+/m1/s1. The van der Waals surface area contributed by atoms with Crippen molar-refractivity contribution in [3.05, 3.63) is 77.5 Å². The van der Waals surface area contributed by atoms with Crippen LogP contribution in [0.2, 0.25) is 0 Å². The van der Waals surface area contributed by atoms with Crippen molar-refractivity contribution in [2.75, 3.05) is 0 Å². The second kappa shape index (κ2) is 6.61. The van der Waals surface area contributed by atoms with Gasteiger partial charge in [0.05, 0.1) is 5.92 Å². The fraction of sp³-hybridized carbons (Fsp3) is 0.261. The first kappa shape index (κ1) is 15.7. The maximum absolute atomic E-state index is 12.9. The van der Waals surface area contributed by atoms with Crippen LogP contribution in [-0.4, -0.2) is 11.4 Å². The van der Waals surface area contributed by atoms with Crippen molar-refractivity contribution in [1.29, 1.82) is 0 Å². The highest BCUT2D eigenvalue weighted by molar-refractivity contribution is 6.02. The minimum absolute atomic E-state index is 0.103. The molecule has 0 bridgehead atoms. The third kappa shape index (κ3) is 3.10. The Kier molecular flexibility index (Phi) is 4.15. The van der Waals surface area contributed by atoms with E-state index in [-0.39, 0.29) is 11.7 Å².